The molecule has 104 valence electrons. The van der Waals surface area contributed by atoms with Crippen molar-refractivity contribution in [2.75, 3.05) is 19.1 Å². The molecule has 1 amide bonds. The summed E-state index contributed by atoms with van der Waals surface area (Å²) in [5.74, 6) is -0.0789. The van der Waals surface area contributed by atoms with Gasteiger partial charge in [-0.1, -0.05) is 12.1 Å². The molecule has 0 atom stereocenters. The van der Waals surface area contributed by atoms with Crippen molar-refractivity contribution >= 4 is 17.6 Å². The fourth-order valence-corrected chi connectivity index (χ4v) is 1.91. The van der Waals surface area contributed by atoms with Gasteiger partial charge in [-0.05, 0) is 25.1 Å². The number of carbonyl (C=O) groups is 2. The number of nitrogens with zero attached hydrogens (tertiary/aromatic N) is 1. The van der Waals surface area contributed by atoms with Gasteiger partial charge in [0, 0.05) is 7.05 Å². The number of benzene rings is 1. The Balaban J connectivity index is 2.36. The molecule has 0 aliphatic carbocycles. The molecule has 0 unspecified atom stereocenters. The Morgan fingerprint density at radius 3 is 2.55 bits per heavy atom. The molecule has 2 aromatic rings. The van der Waals surface area contributed by atoms with Gasteiger partial charge in [0.25, 0.3) is 5.91 Å². The van der Waals surface area contributed by atoms with E-state index in [1.807, 2.05) is 0 Å². The predicted octanol–water partition coefficient (Wildman–Crippen LogP) is 2.65. The molecule has 0 bridgehead atoms. The van der Waals surface area contributed by atoms with Crippen LogP contribution in [-0.4, -0.2) is 26.0 Å². The number of furan rings is 1. The van der Waals surface area contributed by atoms with Crippen LogP contribution in [0.3, 0.4) is 0 Å². The van der Waals surface area contributed by atoms with Gasteiger partial charge in [0.1, 0.15) is 12.0 Å². The highest BCUT2D eigenvalue weighted by Crippen LogP contribution is 2.22. The molecule has 0 saturated carbocycles. The lowest BCUT2D eigenvalue weighted by atomic mass is 10.1. The summed E-state index contributed by atoms with van der Waals surface area (Å²) >= 11 is 0. The zero-order valence-electron chi connectivity index (χ0n) is 11.5. The maximum absolute atomic E-state index is 12.3. The lowest BCUT2D eigenvalue weighted by molar-refractivity contribution is 0.0601. The van der Waals surface area contributed by atoms with Gasteiger partial charge in [-0.15, -0.1) is 0 Å². The number of rotatable bonds is 3. The quantitative estimate of drug-likeness (QED) is 0.807. The molecule has 2 rings (SSSR count). The molecule has 5 nitrogen and oxygen atoms in total. The van der Waals surface area contributed by atoms with E-state index >= 15 is 0 Å². The van der Waals surface area contributed by atoms with E-state index in [9.17, 15) is 9.59 Å². The first-order valence-electron chi connectivity index (χ1n) is 6.05. The third-order valence-electron chi connectivity index (χ3n) is 2.95. The Hall–Kier alpha value is -2.56. The number of hydrogen-bond acceptors (Lipinski definition) is 4. The Morgan fingerprint density at radius 1 is 1.25 bits per heavy atom. The second kappa shape index (κ2) is 5.61. The summed E-state index contributed by atoms with van der Waals surface area (Å²) in [7, 11) is 2.91. The van der Waals surface area contributed by atoms with Crippen LogP contribution in [0.2, 0.25) is 0 Å². The van der Waals surface area contributed by atoms with Crippen LogP contribution in [0.5, 0.6) is 0 Å². The molecule has 0 N–H and O–H groups in total. The van der Waals surface area contributed by atoms with Gasteiger partial charge < -0.3 is 14.1 Å². The monoisotopic (exact) mass is 273 g/mol. The first kappa shape index (κ1) is 13.9. The Kier molecular flexibility index (Phi) is 3.89. The van der Waals surface area contributed by atoms with Gasteiger partial charge in [0.05, 0.1) is 23.9 Å². The molecular weight excluding hydrogens is 258 g/mol. The van der Waals surface area contributed by atoms with Crippen molar-refractivity contribution < 1.29 is 18.7 Å². The zero-order valence-corrected chi connectivity index (χ0v) is 11.5. The van der Waals surface area contributed by atoms with Crippen molar-refractivity contribution in [3.05, 3.63) is 53.5 Å². The van der Waals surface area contributed by atoms with Gasteiger partial charge in [0.15, 0.2) is 0 Å². The first-order chi connectivity index (χ1) is 9.54. The van der Waals surface area contributed by atoms with Gasteiger partial charge >= 0.3 is 5.97 Å². The molecule has 0 saturated heterocycles. The second-order valence-corrected chi connectivity index (χ2v) is 4.32. The van der Waals surface area contributed by atoms with Crippen LogP contribution in [-0.2, 0) is 4.74 Å². The van der Waals surface area contributed by atoms with Gasteiger partial charge in [-0.2, -0.15) is 0 Å². The molecule has 5 heteroatoms. The van der Waals surface area contributed by atoms with Crippen molar-refractivity contribution in [1.82, 2.24) is 0 Å². The number of carbonyl (C=O) groups excluding carboxylic acids is 2. The number of aryl methyl sites for hydroxylation is 1. The molecule has 0 radical (unpaired) electrons. The van der Waals surface area contributed by atoms with Crippen molar-refractivity contribution in [3.63, 3.8) is 0 Å². The summed E-state index contributed by atoms with van der Waals surface area (Å²) in [6, 6.07) is 8.44. The topological polar surface area (TPSA) is 59.8 Å². The SMILES string of the molecule is COC(=O)c1ccccc1N(C)C(=O)c1coc(C)c1. The predicted molar refractivity (Wildman–Crippen MR) is 74.0 cm³/mol. The molecule has 1 heterocycles. The van der Waals surface area contributed by atoms with E-state index < -0.39 is 5.97 Å². The highest BCUT2D eigenvalue weighted by molar-refractivity contribution is 6.09. The van der Waals surface area contributed by atoms with Crippen LogP contribution in [0.1, 0.15) is 26.5 Å². The lowest BCUT2D eigenvalue weighted by Crippen LogP contribution is -2.27. The van der Waals surface area contributed by atoms with Crippen LogP contribution < -0.4 is 4.90 Å². The lowest BCUT2D eigenvalue weighted by Gasteiger charge is -2.19. The summed E-state index contributed by atoms with van der Waals surface area (Å²) in [6.45, 7) is 1.76. The van der Waals surface area contributed by atoms with Gasteiger partial charge in [-0.25, -0.2) is 4.79 Å². The van der Waals surface area contributed by atoms with Crippen molar-refractivity contribution in [2.45, 2.75) is 6.92 Å². The normalized spacial score (nSPS) is 10.2. The smallest absolute Gasteiger partial charge is 0.339 e. The maximum Gasteiger partial charge on any atom is 0.339 e. The van der Waals surface area contributed by atoms with E-state index in [1.54, 1.807) is 44.3 Å². The minimum absolute atomic E-state index is 0.252. The molecule has 0 fully saturated rings. The van der Waals surface area contributed by atoms with Gasteiger partial charge in [-0.3, -0.25) is 4.79 Å². The van der Waals surface area contributed by atoms with E-state index in [1.165, 1.54) is 18.3 Å². The van der Waals surface area contributed by atoms with Crippen molar-refractivity contribution in [3.8, 4) is 0 Å². The van der Waals surface area contributed by atoms with E-state index in [4.69, 9.17) is 9.15 Å². The van der Waals surface area contributed by atoms with E-state index in [0.29, 0.717) is 22.6 Å². The van der Waals surface area contributed by atoms with Crippen LogP contribution in [0.4, 0.5) is 5.69 Å². The molecule has 20 heavy (non-hydrogen) atoms. The summed E-state index contributed by atoms with van der Waals surface area (Å²) in [4.78, 5) is 25.5. The van der Waals surface area contributed by atoms with E-state index in [2.05, 4.69) is 0 Å². The summed E-state index contributed by atoms with van der Waals surface area (Å²) in [5, 5.41) is 0. The number of para-hydroxylation sites is 1. The molecule has 1 aromatic heterocycles. The average molecular weight is 273 g/mol. The summed E-state index contributed by atoms with van der Waals surface area (Å²) in [5.41, 5.74) is 1.26. The number of anilines is 1. The average Bonchev–Trinajstić information content (AvgIpc) is 2.91. The summed E-state index contributed by atoms with van der Waals surface area (Å²) in [6.07, 6.45) is 1.40. The number of hydrogen-bond donors (Lipinski definition) is 0. The standard InChI is InChI=1S/C15H15NO4/c1-10-8-11(9-20-10)14(17)16(2)13-7-5-4-6-12(13)15(18)19-3/h4-9H,1-3H3. The fourth-order valence-electron chi connectivity index (χ4n) is 1.91. The largest absolute Gasteiger partial charge is 0.469 e. The maximum atomic E-state index is 12.3. The van der Waals surface area contributed by atoms with Crippen LogP contribution in [0, 0.1) is 6.92 Å². The molecule has 1 aromatic carbocycles. The second-order valence-electron chi connectivity index (χ2n) is 4.32. The van der Waals surface area contributed by atoms with Crippen molar-refractivity contribution in [2.24, 2.45) is 0 Å². The minimum Gasteiger partial charge on any atom is -0.469 e. The molecular formula is C15H15NO4. The highest BCUT2D eigenvalue weighted by atomic mass is 16.5. The van der Waals surface area contributed by atoms with Crippen molar-refractivity contribution in [1.29, 1.82) is 0 Å². The van der Waals surface area contributed by atoms with Crippen LogP contribution in [0.15, 0.2) is 41.0 Å². The van der Waals surface area contributed by atoms with Crippen LogP contribution in [0.25, 0.3) is 0 Å². The molecule has 0 spiro atoms. The Labute approximate surface area is 116 Å². The van der Waals surface area contributed by atoms with Crippen LogP contribution >= 0.6 is 0 Å². The molecule has 0 aliphatic heterocycles. The fraction of sp³-hybridized carbons (Fsp3) is 0.200. The third-order valence-corrected chi connectivity index (χ3v) is 2.95. The first-order valence-corrected chi connectivity index (χ1v) is 6.05. The third kappa shape index (κ3) is 2.56. The zero-order chi connectivity index (χ0) is 14.7. The number of methoxy groups -OCH3 is 1. The highest BCUT2D eigenvalue weighted by Gasteiger charge is 2.20. The Bertz CT molecular complexity index is 645. The molecule has 0 aliphatic rings. The number of amides is 1. The number of esters is 1. The number of ether oxygens (including phenoxy) is 1. The van der Waals surface area contributed by atoms with E-state index in [-0.39, 0.29) is 5.91 Å². The summed E-state index contributed by atoms with van der Waals surface area (Å²) < 4.78 is 9.85. The minimum atomic E-state index is -0.483. The van der Waals surface area contributed by atoms with E-state index in [0.717, 1.165) is 0 Å². The Morgan fingerprint density at radius 2 is 1.95 bits per heavy atom. The van der Waals surface area contributed by atoms with Gasteiger partial charge in [0.2, 0.25) is 0 Å².